The van der Waals surface area contributed by atoms with Gasteiger partial charge in [0.05, 0.1) is 16.8 Å². The van der Waals surface area contributed by atoms with Crippen molar-refractivity contribution in [3.05, 3.63) is 82.5 Å². The van der Waals surface area contributed by atoms with Crippen molar-refractivity contribution in [2.45, 2.75) is 0 Å². The van der Waals surface area contributed by atoms with Crippen LogP contribution in [0.25, 0.3) is 16.8 Å². The molecule has 3 rings (SSSR count). The molecule has 0 aliphatic rings. The van der Waals surface area contributed by atoms with Crippen molar-refractivity contribution < 1.29 is 9.72 Å². The molecule has 0 bridgehead atoms. The number of nitrogens with one attached hydrogen (secondary N) is 1. The van der Waals surface area contributed by atoms with Crippen LogP contribution in [0.1, 0.15) is 0 Å². The topological polar surface area (TPSA) is 128 Å². The second kappa shape index (κ2) is 7.26. The number of para-hydroxylation sites is 1. The number of nitro groups is 1. The van der Waals surface area contributed by atoms with Crippen LogP contribution in [-0.2, 0) is 0 Å². The lowest BCUT2D eigenvalue weighted by atomic mass is 10.1. The number of nitrogens with two attached hydrogens (primary N) is 1. The van der Waals surface area contributed by atoms with Gasteiger partial charge in [0.1, 0.15) is 5.36 Å². The van der Waals surface area contributed by atoms with E-state index in [1.54, 1.807) is 23.0 Å². The van der Waals surface area contributed by atoms with Crippen LogP contribution in [0.15, 0.2) is 72.1 Å². The molecule has 0 spiro atoms. The van der Waals surface area contributed by atoms with Crippen LogP contribution < -0.4 is 16.5 Å². The number of hydrogen-bond acceptors (Lipinski definition) is 5. The van der Waals surface area contributed by atoms with Gasteiger partial charge in [-0.05, 0) is 29.8 Å². The first-order valence-corrected chi connectivity index (χ1v) is 7.53. The molecule has 130 valence electrons. The number of non-ortho nitro benzene ring substituents is 1. The van der Waals surface area contributed by atoms with Crippen molar-refractivity contribution in [2.75, 3.05) is 0 Å². The van der Waals surface area contributed by atoms with Crippen LogP contribution >= 0.6 is 0 Å². The molecular formula is C17H14N6O3. The van der Waals surface area contributed by atoms with Crippen LogP contribution in [0, 0.1) is 10.1 Å². The van der Waals surface area contributed by atoms with E-state index in [1.807, 2.05) is 30.3 Å². The van der Waals surface area contributed by atoms with Gasteiger partial charge in [-0.25, -0.2) is 14.9 Å². The third-order valence-corrected chi connectivity index (χ3v) is 3.53. The number of hydrogen-bond donors (Lipinski definition) is 2. The van der Waals surface area contributed by atoms with Crippen LogP contribution in [0.5, 0.6) is 0 Å². The second-order valence-corrected chi connectivity index (χ2v) is 5.24. The highest BCUT2D eigenvalue weighted by molar-refractivity contribution is 5.71. The SMILES string of the molecule is NC(=O)N/N=c1\cnn(-c2ccccc2)cc1-c1ccc([N+](=O)[O-])cc1. The number of primary amides is 1. The first-order chi connectivity index (χ1) is 12.5. The summed E-state index contributed by atoms with van der Waals surface area (Å²) >= 11 is 0. The maximum absolute atomic E-state index is 10.9. The lowest BCUT2D eigenvalue weighted by Gasteiger charge is -2.09. The van der Waals surface area contributed by atoms with Gasteiger partial charge in [-0.1, -0.05) is 18.2 Å². The molecule has 3 aromatic rings. The van der Waals surface area contributed by atoms with Crippen LogP contribution in [-0.4, -0.2) is 20.7 Å². The molecular weight excluding hydrogens is 336 g/mol. The van der Waals surface area contributed by atoms with Crippen LogP contribution in [0.3, 0.4) is 0 Å². The Hall–Kier alpha value is -4.01. The highest BCUT2D eigenvalue weighted by atomic mass is 16.6. The Morgan fingerprint density at radius 2 is 1.85 bits per heavy atom. The minimum absolute atomic E-state index is 0.0208. The van der Waals surface area contributed by atoms with Crippen LogP contribution in [0.4, 0.5) is 10.5 Å². The molecule has 0 saturated carbocycles. The quantitative estimate of drug-likeness (QED) is 0.550. The van der Waals surface area contributed by atoms with E-state index in [4.69, 9.17) is 5.73 Å². The number of nitrogens with zero attached hydrogens (tertiary/aromatic N) is 4. The predicted molar refractivity (Wildman–Crippen MR) is 93.9 cm³/mol. The Bertz CT molecular complexity index is 1010. The molecule has 0 aliphatic carbocycles. The van der Waals surface area contributed by atoms with E-state index in [-0.39, 0.29) is 5.69 Å². The molecule has 9 nitrogen and oxygen atoms in total. The molecule has 26 heavy (non-hydrogen) atoms. The third-order valence-electron chi connectivity index (χ3n) is 3.53. The molecule has 0 atom stereocenters. The first-order valence-electron chi connectivity index (χ1n) is 7.53. The fourth-order valence-corrected chi connectivity index (χ4v) is 2.32. The number of urea groups is 1. The van der Waals surface area contributed by atoms with E-state index in [0.717, 1.165) is 5.69 Å². The number of carbonyl (C=O) groups is 1. The summed E-state index contributed by atoms with van der Waals surface area (Å²) in [6.07, 6.45) is 3.19. The molecule has 2 amide bonds. The highest BCUT2D eigenvalue weighted by Crippen LogP contribution is 2.20. The van der Waals surface area contributed by atoms with Crippen molar-refractivity contribution in [1.29, 1.82) is 0 Å². The van der Waals surface area contributed by atoms with Crippen molar-refractivity contribution in [2.24, 2.45) is 10.8 Å². The van der Waals surface area contributed by atoms with Gasteiger partial charge in [-0.2, -0.15) is 10.2 Å². The molecule has 9 heteroatoms. The number of benzene rings is 2. The molecule has 0 unspecified atom stereocenters. The van der Waals surface area contributed by atoms with Crippen molar-refractivity contribution in [3.63, 3.8) is 0 Å². The van der Waals surface area contributed by atoms with Crippen molar-refractivity contribution in [1.82, 2.24) is 15.2 Å². The van der Waals surface area contributed by atoms with Gasteiger partial charge < -0.3 is 5.73 Å². The van der Waals surface area contributed by atoms with E-state index in [9.17, 15) is 14.9 Å². The van der Waals surface area contributed by atoms with E-state index in [2.05, 4.69) is 15.6 Å². The van der Waals surface area contributed by atoms with E-state index in [0.29, 0.717) is 16.5 Å². The molecule has 2 aromatic carbocycles. The van der Waals surface area contributed by atoms with E-state index < -0.39 is 11.0 Å². The van der Waals surface area contributed by atoms with Gasteiger partial charge in [0, 0.05) is 23.9 Å². The average molecular weight is 350 g/mol. The Morgan fingerprint density at radius 1 is 1.15 bits per heavy atom. The fraction of sp³-hybridized carbons (Fsp3) is 0. The average Bonchev–Trinajstić information content (AvgIpc) is 2.67. The molecule has 0 radical (unpaired) electrons. The summed E-state index contributed by atoms with van der Waals surface area (Å²) in [5.41, 5.74) is 9.32. The molecule has 0 saturated heterocycles. The van der Waals surface area contributed by atoms with Crippen LogP contribution in [0.2, 0.25) is 0 Å². The van der Waals surface area contributed by atoms with Gasteiger partial charge in [-0.15, -0.1) is 0 Å². The third kappa shape index (κ3) is 3.73. The Kier molecular flexibility index (Phi) is 4.70. The lowest BCUT2D eigenvalue weighted by molar-refractivity contribution is -0.384. The number of carbonyl (C=O) groups excluding carboxylic acids is 1. The van der Waals surface area contributed by atoms with Crippen molar-refractivity contribution >= 4 is 11.7 Å². The highest BCUT2D eigenvalue weighted by Gasteiger charge is 2.09. The zero-order valence-electron chi connectivity index (χ0n) is 13.4. The summed E-state index contributed by atoms with van der Waals surface area (Å²) in [5, 5.41) is 19.4. The smallest absolute Gasteiger partial charge is 0.332 e. The first kappa shape index (κ1) is 16.8. The van der Waals surface area contributed by atoms with Gasteiger partial charge in [0.2, 0.25) is 0 Å². The number of rotatable bonds is 4. The molecule has 3 N–H and O–H groups in total. The Labute approximate surface area is 147 Å². The minimum atomic E-state index is -0.806. The zero-order chi connectivity index (χ0) is 18.5. The summed E-state index contributed by atoms with van der Waals surface area (Å²) in [7, 11) is 0. The fourth-order valence-electron chi connectivity index (χ4n) is 2.32. The van der Waals surface area contributed by atoms with Gasteiger partial charge in [-0.3, -0.25) is 10.1 Å². The van der Waals surface area contributed by atoms with E-state index in [1.165, 1.54) is 18.3 Å². The normalized spacial score (nSPS) is 11.2. The summed E-state index contributed by atoms with van der Waals surface area (Å²) in [5.74, 6) is 0. The van der Waals surface area contributed by atoms with Gasteiger partial charge in [0.25, 0.3) is 5.69 Å². The molecule has 1 heterocycles. The summed E-state index contributed by atoms with van der Waals surface area (Å²) < 4.78 is 1.64. The molecule has 0 aliphatic heterocycles. The largest absolute Gasteiger partial charge is 0.350 e. The number of nitro benzene ring substituents is 1. The summed E-state index contributed by atoms with van der Waals surface area (Å²) in [6, 6.07) is 14.6. The minimum Gasteiger partial charge on any atom is -0.350 e. The Morgan fingerprint density at radius 3 is 2.46 bits per heavy atom. The summed E-state index contributed by atoms with van der Waals surface area (Å²) in [4.78, 5) is 21.3. The monoisotopic (exact) mass is 350 g/mol. The van der Waals surface area contributed by atoms with E-state index >= 15 is 0 Å². The Balaban J connectivity index is 2.13. The second-order valence-electron chi connectivity index (χ2n) is 5.24. The molecule has 1 aromatic heterocycles. The number of aromatic nitrogens is 2. The standard InChI is InChI=1S/C17H14N6O3/c18-17(24)21-20-16-10-19-22(13-4-2-1-3-5-13)11-15(16)12-6-8-14(9-7-12)23(25)26/h1-11H,(H3,18,21,24)/b20-16+. The zero-order valence-corrected chi connectivity index (χ0v) is 13.4. The maximum atomic E-state index is 10.9. The predicted octanol–water partition coefficient (Wildman–Crippen LogP) is 1.93. The molecule has 0 fully saturated rings. The van der Waals surface area contributed by atoms with Gasteiger partial charge in [0.15, 0.2) is 0 Å². The number of amides is 2. The lowest BCUT2D eigenvalue weighted by Crippen LogP contribution is -2.27. The maximum Gasteiger partial charge on any atom is 0.332 e. The van der Waals surface area contributed by atoms with Gasteiger partial charge >= 0.3 is 6.03 Å². The van der Waals surface area contributed by atoms with Crippen molar-refractivity contribution in [3.8, 4) is 16.8 Å². The summed E-state index contributed by atoms with van der Waals surface area (Å²) in [6.45, 7) is 0.